The molecule has 0 rings (SSSR count). The molecule has 9 heteroatoms. The molecule has 7 nitrogen and oxygen atoms in total. The van der Waals surface area contributed by atoms with Gasteiger partial charge in [0.1, 0.15) is 5.04 Å². The van der Waals surface area contributed by atoms with Crippen LogP contribution in [-0.2, 0) is 4.84 Å². The molecule has 0 saturated carbocycles. The van der Waals surface area contributed by atoms with Crippen LogP contribution in [0.1, 0.15) is 39.5 Å². The van der Waals surface area contributed by atoms with E-state index in [1.54, 1.807) is 32.4 Å². The van der Waals surface area contributed by atoms with E-state index in [0.29, 0.717) is 11.6 Å². The average Bonchev–Trinajstić information content (AvgIpc) is 2.53. The van der Waals surface area contributed by atoms with Crippen LogP contribution in [0, 0.1) is 0 Å². The molecular weight excluding hydrogens is 336 g/mol. The van der Waals surface area contributed by atoms with Crippen LogP contribution < -0.4 is 0 Å². The van der Waals surface area contributed by atoms with Crippen LogP contribution in [0.5, 0.6) is 0 Å². The largest absolute Gasteiger partial charge is 0.447 e. The van der Waals surface area contributed by atoms with E-state index in [2.05, 4.69) is 12.1 Å². The standard InChI is InChI=1S/C14H28N4O3S2/c1-7-8-9-10-11-18(13(19)16(3)4)23-17(5)14(20)21-15-12(2)22-6/h7-11H2,1-6H3/b15-12-. The third-order valence-corrected chi connectivity index (χ3v) is 4.43. The van der Waals surface area contributed by atoms with Crippen LogP contribution in [-0.4, -0.2) is 64.6 Å². The van der Waals surface area contributed by atoms with E-state index in [1.165, 1.54) is 21.0 Å². The molecule has 0 saturated heterocycles. The first-order valence-electron chi connectivity index (χ1n) is 7.53. The van der Waals surface area contributed by atoms with E-state index < -0.39 is 6.09 Å². The van der Waals surface area contributed by atoms with Gasteiger partial charge in [-0.1, -0.05) is 31.3 Å². The number of rotatable bonds is 8. The number of carbonyl (C=O) groups excluding carboxylic acids is 2. The van der Waals surface area contributed by atoms with Crippen molar-refractivity contribution in [3.63, 3.8) is 0 Å². The van der Waals surface area contributed by atoms with Gasteiger partial charge in [0.15, 0.2) is 0 Å². The van der Waals surface area contributed by atoms with Crippen LogP contribution in [0.2, 0.25) is 0 Å². The summed E-state index contributed by atoms with van der Waals surface area (Å²) in [4.78, 5) is 30.4. The molecule has 0 aromatic carbocycles. The summed E-state index contributed by atoms with van der Waals surface area (Å²) in [5.74, 6) is 0. The predicted octanol–water partition coefficient (Wildman–Crippen LogP) is 3.88. The number of hydrogen-bond donors (Lipinski definition) is 0. The Morgan fingerprint density at radius 1 is 1.13 bits per heavy atom. The smallest absolute Gasteiger partial charge is 0.330 e. The van der Waals surface area contributed by atoms with Crippen LogP contribution in [0.15, 0.2) is 5.16 Å². The monoisotopic (exact) mass is 364 g/mol. The summed E-state index contributed by atoms with van der Waals surface area (Å²) in [6, 6.07) is -0.157. The summed E-state index contributed by atoms with van der Waals surface area (Å²) >= 11 is 2.42. The highest BCUT2D eigenvalue weighted by molar-refractivity contribution is 8.13. The van der Waals surface area contributed by atoms with E-state index in [-0.39, 0.29) is 6.03 Å². The number of nitrogens with zero attached hydrogens (tertiary/aromatic N) is 4. The number of amides is 3. The lowest BCUT2D eigenvalue weighted by molar-refractivity contribution is 0.136. The number of thioether (sulfide) groups is 1. The number of hydrogen-bond acceptors (Lipinski definition) is 6. The third kappa shape index (κ3) is 9.60. The normalized spacial score (nSPS) is 11.1. The van der Waals surface area contributed by atoms with Crippen LogP contribution in [0.3, 0.4) is 0 Å². The number of urea groups is 1. The fraction of sp³-hybridized carbons (Fsp3) is 0.786. The van der Waals surface area contributed by atoms with Gasteiger partial charge >= 0.3 is 12.1 Å². The second kappa shape index (κ2) is 12.3. The Hall–Kier alpha value is -1.09. The van der Waals surface area contributed by atoms with Crippen molar-refractivity contribution in [1.29, 1.82) is 0 Å². The Balaban J connectivity index is 4.60. The molecule has 0 aliphatic carbocycles. The van der Waals surface area contributed by atoms with Gasteiger partial charge < -0.3 is 4.90 Å². The molecular formula is C14H28N4O3S2. The van der Waals surface area contributed by atoms with Crippen molar-refractivity contribution >= 4 is 41.1 Å². The Labute approximate surface area is 148 Å². The maximum Gasteiger partial charge on any atom is 0.447 e. The van der Waals surface area contributed by atoms with Gasteiger partial charge in [0, 0.05) is 27.7 Å². The van der Waals surface area contributed by atoms with Crippen LogP contribution in [0.25, 0.3) is 0 Å². The molecule has 0 unspecified atom stereocenters. The van der Waals surface area contributed by atoms with Crippen LogP contribution >= 0.6 is 23.9 Å². The summed E-state index contributed by atoms with van der Waals surface area (Å²) in [5, 5.41) is 4.35. The first kappa shape index (κ1) is 21.9. The van der Waals surface area contributed by atoms with Crippen molar-refractivity contribution in [2.75, 3.05) is 33.9 Å². The average molecular weight is 365 g/mol. The molecule has 0 bridgehead atoms. The number of oxime groups is 1. The minimum Gasteiger partial charge on any atom is -0.330 e. The fourth-order valence-corrected chi connectivity index (χ4v) is 2.41. The Morgan fingerprint density at radius 2 is 1.78 bits per heavy atom. The zero-order valence-corrected chi connectivity index (χ0v) is 16.5. The highest BCUT2D eigenvalue weighted by Crippen LogP contribution is 2.19. The molecule has 3 amide bonds. The molecule has 0 aromatic rings. The molecule has 0 radical (unpaired) electrons. The minimum atomic E-state index is -0.617. The maximum absolute atomic E-state index is 12.2. The van der Waals surface area contributed by atoms with Crippen molar-refractivity contribution in [2.45, 2.75) is 39.5 Å². The Morgan fingerprint density at radius 3 is 2.30 bits per heavy atom. The van der Waals surface area contributed by atoms with Crippen molar-refractivity contribution in [1.82, 2.24) is 13.5 Å². The van der Waals surface area contributed by atoms with Gasteiger partial charge in [-0.05, 0) is 19.6 Å². The van der Waals surface area contributed by atoms with Crippen molar-refractivity contribution in [2.24, 2.45) is 5.16 Å². The van der Waals surface area contributed by atoms with Crippen molar-refractivity contribution in [3.8, 4) is 0 Å². The van der Waals surface area contributed by atoms with E-state index in [0.717, 1.165) is 37.8 Å². The lowest BCUT2D eigenvalue weighted by Gasteiger charge is -2.27. The molecule has 0 aliphatic rings. The van der Waals surface area contributed by atoms with E-state index in [9.17, 15) is 9.59 Å². The molecule has 0 atom stereocenters. The summed E-state index contributed by atoms with van der Waals surface area (Å²) < 4.78 is 2.82. The topological polar surface area (TPSA) is 65.5 Å². The minimum absolute atomic E-state index is 0.157. The summed E-state index contributed by atoms with van der Waals surface area (Å²) in [5.41, 5.74) is 0. The van der Waals surface area contributed by atoms with Gasteiger partial charge in [-0.3, -0.25) is 4.84 Å². The van der Waals surface area contributed by atoms with E-state index in [1.807, 2.05) is 6.26 Å². The van der Waals surface area contributed by atoms with Crippen molar-refractivity contribution in [3.05, 3.63) is 0 Å². The van der Waals surface area contributed by atoms with Gasteiger partial charge in [0.25, 0.3) is 0 Å². The Kier molecular flexibility index (Phi) is 11.8. The lowest BCUT2D eigenvalue weighted by Crippen LogP contribution is -2.38. The maximum atomic E-state index is 12.2. The van der Waals surface area contributed by atoms with Crippen LogP contribution in [0.4, 0.5) is 9.59 Å². The molecule has 0 N–H and O–H groups in total. The quantitative estimate of drug-likeness (QED) is 0.163. The Bertz CT molecular complexity index is 405. The zero-order chi connectivity index (χ0) is 17.8. The van der Waals surface area contributed by atoms with Gasteiger partial charge in [-0.2, -0.15) is 0 Å². The second-order valence-corrected chi connectivity index (χ2v) is 7.24. The number of carbonyl (C=O) groups is 2. The molecule has 23 heavy (non-hydrogen) atoms. The SMILES string of the molecule is CCCCCCN(SN(C)C(=O)O/N=C(/C)SC)C(=O)N(C)C. The first-order valence-corrected chi connectivity index (χ1v) is 9.49. The molecule has 0 fully saturated rings. The van der Waals surface area contributed by atoms with Gasteiger partial charge in [-0.25, -0.2) is 18.2 Å². The molecule has 0 aliphatic heterocycles. The van der Waals surface area contributed by atoms with Gasteiger partial charge in [0.2, 0.25) is 0 Å². The summed E-state index contributed by atoms with van der Waals surface area (Å²) in [7, 11) is 4.93. The van der Waals surface area contributed by atoms with E-state index in [4.69, 9.17) is 4.84 Å². The number of unbranched alkanes of at least 4 members (excludes halogenated alkanes) is 3. The third-order valence-electron chi connectivity index (χ3n) is 2.84. The first-order chi connectivity index (χ1) is 10.8. The summed E-state index contributed by atoms with van der Waals surface area (Å²) in [6.45, 7) is 4.46. The lowest BCUT2D eigenvalue weighted by atomic mass is 10.2. The molecule has 0 heterocycles. The highest BCUT2D eigenvalue weighted by Gasteiger charge is 2.22. The molecule has 0 aromatic heterocycles. The zero-order valence-electron chi connectivity index (χ0n) is 14.9. The highest BCUT2D eigenvalue weighted by atomic mass is 32.2. The summed E-state index contributed by atoms with van der Waals surface area (Å²) in [6.07, 6.45) is 5.45. The fourth-order valence-electron chi connectivity index (χ4n) is 1.46. The van der Waals surface area contributed by atoms with Gasteiger partial charge in [-0.15, -0.1) is 11.8 Å². The van der Waals surface area contributed by atoms with Gasteiger partial charge in [0.05, 0.1) is 12.1 Å². The predicted molar refractivity (Wildman–Crippen MR) is 98.4 cm³/mol. The van der Waals surface area contributed by atoms with E-state index >= 15 is 0 Å². The molecule has 134 valence electrons. The molecule has 0 spiro atoms. The van der Waals surface area contributed by atoms with Crippen molar-refractivity contribution < 1.29 is 14.4 Å². The second-order valence-electron chi connectivity index (χ2n) is 5.09.